The van der Waals surface area contributed by atoms with Gasteiger partial charge in [0.15, 0.2) is 0 Å². The maximum atomic E-state index is 9.39. The summed E-state index contributed by atoms with van der Waals surface area (Å²) in [5.41, 5.74) is 0. The fourth-order valence-corrected chi connectivity index (χ4v) is 3.66. The van der Waals surface area contributed by atoms with Gasteiger partial charge in [-0.15, -0.1) is 0 Å². The molecule has 0 bridgehead atoms. The van der Waals surface area contributed by atoms with Gasteiger partial charge in [0, 0.05) is 19.1 Å². The van der Waals surface area contributed by atoms with E-state index in [0.717, 1.165) is 19.7 Å². The Bertz CT molecular complexity index is 246. The van der Waals surface area contributed by atoms with Gasteiger partial charge in [-0.05, 0) is 12.8 Å². The lowest BCUT2D eigenvalue weighted by molar-refractivity contribution is -0.0669. The Balaban J connectivity index is 2.33. The van der Waals surface area contributed by atoms with E-state index in [1.807, 2.05) is 0 Å². The van der Waals surface area contributed by atoms with Crippen molar-refractivity contribution in [2.24, 2.45) is 0 Å². The number of hydrogen-bond donors (Lipinski definition) is 1. The van der Waals surface area contributed by atoms with Crippen LogP contribution in [0.5, 0.6) is 0 Å². The van der Waals surface area contributed by atoms with Crippen molar-refractivity contribution in [2.75, 3.05) is 26.3 Å². The zero-order valence-corrected chi connectivity index (χ0v) is 15.8. The summed E-state index contributed by atoms with van der Waals surface area (Å²) in [6.07, 6.45) is 16.4. The van der Waals surface area contributed by atoms with Crippen LogP contribution in [0.15, 0.2) is 0 Å². The molecule has 0 aromatic heterocycles. The first-order chi connectivity index (χ1) is 11.3. The molecule has 23 heavy (non-hydrogen) atoms. The van der Waals surface area contributed by atoms with Gasteiger partial charge in [0.25, 0.3) is 0 Å². The molecule has 0 unspecified atom stereocenters. The number of aliphatic hydroxyl groups excluding tert-OH is 1. The molecule has 0 aliphatic carbocycles. The second kappa shape index (κ2) is 14.2. The van der Waals surface area contributed by atoms with Crippen LogP contribution in [-0.4, -0.2) is 48.5 Å². The molecule has 1 fully saturated rings. The average Bonchev–Trinajstić information content (AvgIpc) is 2.59. The Morgan fingerprint density at radius 1 is 0.913 bits per heavy atom. The number of hydrogen-bond acceptors (Lipinski definition) is 3. The summed E-state index contributed by atoms with van der Waals surface area (Å²) < 4.78 is 5.63. The van der Waals surface area contributed by atoms with Crippen LogP contribution >= 0.6 is 0 Å². The van der Waals surface area contributed by atoms with Crippen LogP contribution in [0, 0.1) is 0 Å². The van der Waals surface area contributed by atoms with Crippen molar-refractivity contribution < 1.29 is 9.84 Å². The van der Waals surface area contributed by atoms with Crippen LogP contribution in [0.25, 0.3) is 0 Å². The Kier molecular flexibility index (Phi) is 13.0. The Morgan fingerprint density at radius 2 is 1.48 bits per heavy atom. The Hall–Kier alpha value is -0.120. The molecule has 0 aromatic carbocycles. The molecule has 1 aliphatic rings. The molecule has 1 rings (SSSR count). The zero-order chi connectivity index (χ0) is 16.8. The van der Waals surface area contributed by atoms with E-state index in [2.05, 4.69) is 18.7 Å². The van der Waals surface area contributed by atoms with E-state index in [1.165, 1.54) is 77.0 Å². The molecule has 1 heterocycles. The van der Waals surface area contributed by atoms with E-state index in [0.29, 0.717) is 6.04 Å². The van der Waals surface area contributed by atoms with Gasteiger partial charge < -0.3 is 9.84 Å². The number of unbranched alkanes of at least 4 members (excludes halogenated alkanes) is 8. The molecule has 3 nitrogen and oxygen atoms in total. The molecule has 3 heteroatoms. The van der Waals surface area contributed by atoms with Gasteiger partial charge in [0.2, 0.25) is 0 Å². The van der Waals surface area contributed by atoms with E-state index in [9.17, 15) is 5.11 Å². The molecular formula is C20H41NO2. The lowest BCUT2D eigenvalue weighted by atomic mass is 9.98. The lowest BCUT2D eigenvalue weighted by Gasteiger charge is -2.38. The fourth-order valence-electron chi connectivity index (χ4n) is 3.66. The predicted octanol–water partition coefficient (Wildman–Crippen LogP) is 4.77. The van der Waals surface area contributed by atoms with Crippen molar-refractivity contribution in [1.29, 1.82) is 0 Å². The van der Waals surface area contributed by atoms with Gasteiger partial charge >= 0.3 is 0 Å². The molecule has 1 atom stereocenters. The minimum atomic E-state index is 0.0337. The highest BCUT2D eigenvalue weighted by Crippen LogP contribution is 2.20. The topological polar surface area (TPSA) is 32.7 Å². The maximum Gasteiger partial charge on any atom is 0.0932 e. The van der Waals surface area contributed by atoms with Crippen LogP contribution in [0.1, 0.15) is 90.9 Å². The van der Waals surface area contributed by atoms with Crippen molar-refractivity contribution in [3.8, 4) is 0 Å². The molecule has 0 aromatic rings. The minimum Gasteiger partial charge on any atom is -0.394 e. The van der Waals surface area contributed by atoms with Crippen LogP contribution in [0.3, 0.4) is 0 Å². The standard InChI is InChI=1S/C20H41NO2/c1-3-5-7-9-11-13-19(14-12-10-8-6-4-2)21-15-16-23-20(17-21)18-22/h19-20,22H,3-18H2,1-2H3/t20-/m1/s1. The number of rotatable bonds is 14. The summed E-state index contributed by atoms with van der Waals surface area (Å²) in [7, 11) is 0. The fraction of sp³-hybridized carbons (Fsp3) is 1.00. The third-order valence-corrected chi connectivity index (χ3v) is 5.17. The van der Waals surface area contributed by atoms with Crippen LogP contribution in [0.4, 0.5) is 0 Å². The molecule has 0 radical (unpaired) electrons. The smallest absolute Gasteiger partial charge is 0.0932 e. The van der Waals surface area contributed by atoms with Gasteiger partial charge in [-0.2, -0.15) is 0 Å². The van der Waals surface area contributed by atoms with Gasteiger partial charge in [-0.25, -0.2) is 0 Å². The lowest BCUT2D eigenvalue weighted by Crippen LogP contribution is -2.48. The van der Waals surface area contributed by atoms with E-state index in [-0.39, 0.29) is 12.7 Å². The summed E-state index contributed by atoms with van der Waals surface area (Å²) >= 11 is 0. The minimum absolute atomic E-state index is 0.0337. The highest BCUT2D eigenvalue weighted by molar-refractivity contribution is 4.78. The summed E-state index contributed by atoms with van der Waals surface area (Å²) in [5.74, 6) is 0. The van der Waals surface area contributed by atoms with Gasteiger partial charge in [-0.1, -0.05) is 78.1 Å². The third kappa shape index (κ3) is 9.69. The van der Waals surface area contributed by atoms with Crippen molar-refractivity contribution in [2.45, 2.75) is 103 Å². The summed E-state index contributed by atoms with van der Waals surface area (Å²) in [5, 5.41) is 9.39. The molecule has 1 saturated heterocycles. The Morgan fingerprint density at radius 3 is 2.00 bits per heavy atom. The van der Waals surface area contributed by atoms with Crippen molar-refractivity contribution >= 4 is 0 Å². The predicted molar refractivity (Wildman–Crippen MR) is 98.9 cm³/mol. The number of morpholine rings is 1. The molecule has 0 amide bonds. The monoisotopic (exact) mass is 327 g/mol. The third-order valence-electron chi connectivity index (χ3n) is 5.17. The first-order valence-electron chi connectivity index (χ1n) is 10.3. The quantitative estimate of drug-likeness (QED) is 0.467. The van der Waals surface area contributed by atoms with Crippen molar-refractivity contribution in [3.05, 3.63) is 0 Å². The van der Waals surface area contributed by atoms with Crippen molar-refractivity contribution in [3.63, 3.8) is 0 Å². The second-order valence-electron chi connectivity index (χ2n) is 7.23. The van der Waals surface area contributed by atoms with Gasteiger partial charge in [0.1, 0.15) is 0 Å². The first kappa shape index (κ1) is 20.9. The molecule has 0 saturated carbocycles. The van der Waals surface area contributed by atoms with Crippen molar-refractivity contribution in [1.82, 2.24) is 4.90 Å². The number of ether oxygens (including phenoxy) is 1. The molecule has 138 valence electrons. The summed E-state index contributed by atoms with van der Waals surface area (Å²) in [6.45, 7) is 7.48. The SMILES string of the molecule is CCCCCCCC(CCCCCCC)N1CCO[C@@H](CO)C1. The highest BCUT2D eigenvalue weighted by atomic mass is 16.5. The summed E-state index contributed by atoms with van der Waals surface area (Å²) in [6, 6.07) is 0.705. The van der Waals surface area contributed by atoms with Gasteiger partial charge in [0.05, 0.1) is 19.3 Å². The molecule has 1 N–H and O–H groups in total. The average molecular weight is 328 g/mol. The van der Waals surface area contributed by atoms with Crippen LogP contribution in [0.2, 0.25) is 0 Å². The van der Waals surface area contributed by atoms with E-state index in [1.54, 1.807) is 0 Å². The van der Waals surface area contributed by atoms with E-state index >= 15 is 0 Å². The largest absolute Gasteiger partial charge is 0.394 e. The first-order valence-corrected chi connectivity index (χ1v) is 10.3. The normalized spacial score (nSPS) is 19.6. The van der Waals surface area contributed by atoms with Gasteiger partial charge in [-0.3, -0.25) is 4.90 Å². The summed E-state index contributed by atoms with van der Waals surface area (Å²) in [4.78, 5) is 2.60. The molecule has 1 aliphatic heterocycles. The molecular weight excluding hydrogens is 286 g/mol. The van der Waals surface area contributed by atoms with E-state index in [4.69, 9.17) is 4.74 Å². The van der Waals surface area contributed by atoms with Crippen LogP contribution in [-0.2, 0) is 4.74 Å². The maximum absolute atomic E-state index is 9.39. The zero-order valence-electron chi connectivity index (χ0n) is 15.8. The highest BCUT2D eigenvalue weighted by Gasteiger charge is 2.25. The second-order valence-corrected chi connectivity index (χ2v) is 7.23. The Labute approximate surface area is 144 Å². The molecule has 0 spiro atoms. The number of nitrogens with zero attached hydrogens (tertiary/aromatic N) is 1. The van der Waals surface area contributed by atoms with E-state index < -0.39 is 0 Å². The van der Waals surface area contributed by atoms with Crippen LogP contribution < -0.4 is 0 Å². The number of aliphatic hydroxyl groups is 1.